The van der Waals surface area contributed by atoms with Crippen molar-refractivity contribution in [1.82, 2.24) is 0 Å². The fraction of sp³-hybridized carbons (Fsp3) is 0.389. The smallest absolute Gasteiger partial charge is 0.375 e. The fourth-order valence-electron chi connectivity index (χ4n) is 3.02. The maximum Gasteiger partial charge on any atom is 0.375 e. The van der Waals surface area contributed by atoms with Crippen LogP contribution in [0.25, 0.3) is 0 Å². The van der Waals surface area contributed by atoms with Gasteiger partial charge in [-0.25, -0.2) is 18.4 Å². The van der Waals surface area contributed by atoms with Gasteiger partial charge in [0, 0.05) is 4.88 Å². The van der Waals surface area contributed by atoms with Crippen LogP contribution in [0.4, 0.5) is 5.00 Å². The number of hydrogen-bond donors (Lipinski definition) is 2. The zero-order valence-electron chi connectivity index (χ0n) is 15.6. The number of furan rings is 1. The number of carbonyl (C=O) groups is 2. The van der Waals surface area contributed by atoms with Crippen molar-refractivity contribution in [2.75, 3.05) is 5.32 Å². The Morgan fingerprint density at radius 2 is 2.03 bits per heavy atom. The van der Waals surface area contributed by atoms with Crippen LogP contribution in [0.15, 0.2) is 21.6 Å². The number of nitrogens with one attached hydrogen (secondary N) is 1. The van der Waals surface area contributed by atoms with Crippen molar-refractivity contribution in [2.45, 2.75) is 50.2 Å². The summed E-state index contributed by atoms with van der Waals surface area (Å²) in [6.45, 7) is 1.36. The molecule has 0 aromatic carbocycles. The van der Waals surface area contributed by atoms with Gasteiger partial charge >= 0.3 is 5.97 Å². The molecule has 3 rings (SSSR count). The fourth-order valence-corrected chi connectivity index (χ4v) is 4.72. The molecular formula is C18H19N3O6S2. The first kappa shape index (κ1) is 21.0. The minimum Gasteiger partial charge on any atom is -0.447 e. The van der Waals surface area contributed by atoms with Gasteiger partial charge in [0.05, 0.1) is 5.56 Å². The van der Waals surface area contributed by atoms with Crippen LogP contribution in [0, 0.1) is 11.3 Å². The van der Waals surface area contributed by atoms with Gasteiger partial charge in [0.2, 0.25) is 10.9 Å². The highest BCUT2D eigenvalue weighted by atomic mass is 32.2. The molecule has 1 amide bonds. The van der Waals surface area contributed by atoms with E-state index in [1.165, 1.54) is 18.3 Å². The van der Waals surface area contributed by atoms with Gasteiger partial charge in [0.1, 0.15) is 11.1 Å². The van der Waals surface area contributed by atoms with Crippen molar-refractivity contribution >= 4 is 38.2 Å². The van der Waals surface area contributed by atoms with Gasteiger partial charge < -0.3 is 14.5 Å². The lowest BCUT2D eigenvalue weighted by Crippen LogP contribution is -2.29. The van der Waals surface area contributed by atoms with Gasteiger partial charge in [-0.15, -0.1) is 11.3 Å². The molecule has 0 fully saturated rings. The number of primary sulfonamides is 1. The van der Waals surface area contributed by atoms with Gasteiger partial charge in [-0.3, -0.25) is 4.79 Å². The summed E-state index contributed by atoms with van der Waals surface area (Å²) in [6.07, 6.45) is 3.65. The number of nitrogens with two attached hydrogens (primary N) is 1. The molecule has 0 saturated carbocycles. The van der Waals surface area contributed by atoms with Gasteiger partial charge in [-0.2, -0.15) is 5.26 Å². The van der Waals surface area contributed by atoms with Crippen molar-refractivity contribution in [3.63, 3.8) is 0 Å². The molecule has 1 atom stereocenters. The van der Waals surface area contributed by atoms with Crippen LogP contribution in [0.1, 0.15) is 52.7 Å². The molecule has 1 aliphatic rings. The highest BCUT2D eigenvalue weighted by molar-refractivity contribution is 7.89. The maximum absolute atomic E-state index is 12.5. The Hall–Kier alpha value is -2.68. The van der Waals surface area contributed by atoms with Crippen molar-refractivity contribution in [1.29, 1.82) is 5.26 Å². The molecule has 0 radical (unpaired) electrons. The van der Waals surface area contributed by atoms with Crippen molar-refractivity contribution < 1.29 is 27.2 Å². The van der Waals surface area contributed by atoms with E-state index in [1.54, 1.807) is 0 Å². The number of rotatable bonds is 5. The quantitative estimate of drug-likeness (QED) is 0.537. The Bertz CT molecular complexity index is 1090. The lowest BCUT2D eigenvalue weighted by Gasteiger charge is -2.12. The SMILES string of the molecule is CC(OC(=O)c1ccc(S(N)(=O)=O)o1)C(=O)Nc1sc2c(c1C#N)CCCCC2. The Labute approximate surface area is 171 Å². The molecule has 2 aromatic heterocycles. The predicted molar refractivity (Wildman–Crippen MR) is 104 cm³/mol. The zero-order chi connectivity index (χ0) is 21.2. The first-order chi connectivity index (χ1) is 13.7. The molecule has 3 N–H and O–H groups in total. The van der Waals surface area contributed by atoms with E-state index in [0.717, 1.165) is 54.7 Å². The van der Waals surface area contributed by atoms with E-state index in [0.29, 0.717) is 10.6 Å². The molecule has 2 heterocycles. The first-order valence-corrected chi connectivity index (χ1v) is 11.3. The second-order valence-corrected chi connectivity index (χ2v) is 9.18. The van der Waals surface area contributed by atoms with Gasteiger partial charge in [-0.1, -0.05) is 6.42 Å². The first-order valence-electron chi connectivity index (χ1n) is 8.90. The molecule has 154 valence electrons. The third kappa shape index (κ3) is 4.67. The average molecular weight is 437 g/mol. The Morgan fingerprint density at radius 3 is 2.69 bits per heavy atom. The number of amides is 1. The second kappa shape index (κ2) is 8.36. The number of fused-ring (bicyclic) bond motifs is 1. The molecule has 29 heavy (non-hydrogen) atoms. The summed E-state index contributed by atoms with van der Waals surface area (Å²) in [6, 6.07) is 4.28. The number of hydrogen-bond acceptors (Lipinski definition) is 8. The topological polar surface area (TPSA) is 152 Å². The summed E-state index contributed by atoms with van der Waals surface area (Å²) in [5, 5.41) is 17.0. The zero-order valence-corrected chi connectivity index (χ0v) is 17.2. The molecule has 0 spiro atoms. The van der Waals surface area contributed by atoms with E-state index >= 15 is 0 Å². The van der Waals surface area contributed by atoms with E-state index in [2.05, 4.69) is 11.4 Å². The number of thiophene rings is 1. The Kier molecular flexibility index (Phi) is 6.07. The Balaban J connectivity index is 1.69. The van der Waals surface area contributed by atoms with E-state index in [1.807, 2.05) is 0 Å². The molecule has 0 bridgehead atoms. The van der Waals surface area contributed by atoms with Gasteiger partial charge in [0.25, 0.3) is 15.9 Å². The number of nitriles is 1. The van der Waals surface area contributed by atoms with Crippen molar-refractivity contribution in [3.8, 4) is 6.07 Å². The van der Waals surface area contributed by atoms with Gasteiger partial charge in [-0.05, 0) is 50.3 Å². The number of ether oxygens (including phenoxy) is 1. The maximum atomic E-state index is 12.5. The Morgan fingerprint density at radius 1 is 1.31 bits per heavy atom. The number of anilines is 1. The summed E-state index contributed by atoms with van der Waals surface area (Å²) in [7, 11) is -4.10. The second-order valence-electron chi connectivity index (χ2n) is 6.58. The van der Waals surface area contributed by atoms with Crippen LogP contribution < -0.4 is 10.5 Å². The number of nitrogens with zero attached hydrogens (tertiary/aromatic N) is 1. The summed E-state index contributed by atoms with van der Waals surface area (Å²) in [4.78, 5) is 25.6. The molecule has 11 heteroatoms. The lowest BCUT2D eigenvalue weighted by atomic mass is 10.1. The molecule has 0 aliphatic heterocycles. The normalized spacial score (nSPS) is 14.9. The number of aryl methyl sites for hydroxylation is 1. The van der Waals surface area contributed by atoms with Crippen LogP contribution in [0.2, 0.25) is 0 Å². The van der Waals surface area contributed by atoms with Crippen LogP contribution in [0.3, 0.4) is 0 Å². The summed E-state index contributed by atoms with van der Waals surface area (Å²) in [5.41, 5.74) is 1.45. The largest absolute Gasteiger partial charge is 0.447 e. The molecule has 1 unspecified atom stereocenters. The van der Waals surface area contributed by atoms with Gasteiger partial charge in [0.15, 0.2) is 6.10 Å². The standard InChI is InChI=1S/C18H19N3O6S2/c1-10(26-18(23)13-7-8-15(27-13)29(20,24)25)16(22)21-17-12(9-19)11-5-3-2-4-6-14(11)28-17/h7-8,10H,2-6H2,1H3,(H,21,22)(H2,20,24,25). The number of esters is 1. The number of sulfonamides is 1. The van der Waals surface area contributed by atoms with Crippen LogP contribution in [0.5, 0.6) is 0 Å². The van der Waals surface area contributed by atoms with E-state index < -0.39 is 38.9 Å². The summed E-state index contributed by atoms with van der Waals surface area (Å²) < 4.78 is 32.3. The molecular weight excluding hydrogens is 418 g/mol. The summed E-state index contributed by atoms with van der Waals surface area (Å²) >= 11 is 1.37. The third-order valence-corrected chi connectivity index (χ3v) is 6.47. The predicted octanol–water partition coefficient (Wildman–Crippen LogP) is 2.31. The number of carbonyl (C=O) groups excluding carboxylic acids is 2. The minimum absolute atomic E-state index is 0.394. The van der Waals surface area contributed by atoms with Crippen molar-refractivity contribution in [2.24, 2.45) is 5.14 Å². The lowest BCUT2D eigenvalue weighted by molar-refractivity contribution is -0.123. The van der Waals surface area contributed by atoms with Crippen LogP contribution in [-0.2, 0) is 32.4 Å². The molecule has 2 aromatic rings. The van der Waals surface area contributed by atoms with Crippen LogP contribution in [-0.4, -0.2) is 26.4 Å². The van der Waals surface area contributed by atoms with E-state index in [9.17, 15) is 23.3 Å². The van der Waals surface area contributed by atoms with E-state index in [4.69, 9.17) is 14.3 Å². The third-order valence-electron chi connectivity index (χ3n) is 4.49. The summed E-state index contributed by atoms with van der Waals surface area (Å²) in [5.74, 6) is -2.01. The van der Waals surface area contributed by atoms with Crippen molar-refractivity contribution in [3.05, 3.63) is 33.9 Å². The van der Waals surface area contributed by atoms with Crippen LogP contribution >= 0.6 is 11.3 Å². The molecule has 1 aliphatic carbocycles. The highest BCUT2D eigenvalue weighted by Crippen LogP contribution is 2.37. The average Bonchev–Trinajstić information content (AvgIpc) is 3.21. The highest BCUT2D eigenvalue weighted by Gasteiger charge is 2.26. The molecule has 9 nitrogen and oxygen atoms in total. The van der Waals surface area contributed by atoms with E-state index in [-0.39, 0.29) is 0 Å². The monoisotopic (exact) mass is 437 g/mol. The molecule has 0 saturated heterocycles. The minimum atomic E-state index is -4.10.